The van der Waals surface area contributed by atoms with Crippen molar-refractivity contribution in [3.05, 3.63) is 17.0 Å². The number of anilines is 1. The van der Waals surface area contributed by atoms with Crippen LogP contribution in [0.5, 0.6) is 0 Å². The number of halogens is 1. The number of rotatable bonds is 2. The molecule has 19 heavy (non-hydrogen) atoms. The van der Waals surface area contributed by atoms with Gasteiger partial charge in [-0.15, -0.1) is 0 Å². The van der Waals surface area contributed by atoms with Gasteiger partial charge in [0, 0.05) is 37.7 Å². The highest BCUT2D eigenvalue weighted by molar-refractivity contribution is 6.29. The van der Waals surface area contributed by atoms with Gasteiger partial charge in [0.2, 0.25) is 0 Å². The zero-order valence-electron chi connectivity index (χ0n) is 11.6. The summed E-state index contributed by atoms with van der Waals surface area (Å²) >= 11 is 6.11. The lowest BCUT2D eigenvalue weighted by atomic mass is 10.1. The summed E-state index contributed by atoms with van der Waals surface area (Å²) in [5.74, 6) is 1.84. The molecular formula is C14H21ClN4. The van der Waals surface area contributed by atoms with Crippen LogP contribution in [-0.4, -0.2) is 47.1 Å². The number of aromatic nitrogens is 2. The molecular weight excluding hydrogens is 260 g/mol. The van der Waals surface area contributed by atoms with Gasteiger partial charge in [-0.3, -0.25) is 4.90 Å². The lowest BCUT2D eigenvalue weighted by molar-refractivity contribution is 0.254. The average molecular weight is 281 g/mol. The molecule has 0 aromatic carbocycles. The number of likely N-dealkylation sites (N-methyl/N-ethyl adjacent to an activating group) is 1. The second kappa shape index (κ2) is 5.25. The van der Waals surface area contributed by atoms with E-state index in [2.05, 4.69) is 33.7 Å². The van der Waals surface area contributed by atoms with Crippen molar-refractivity contribution >= 4 is 17.4 Å². The molecule has 0 aliphatic carbocycles. The molecule has 5 heteroatoms. The van der Waals surface area contributed by atoms with E-state index < -0.39 is 0 Å². The van der Waals surface area contributed by atoms with E-state index in [0.29, 0.717) is 11.2 Å². The molecule has 2 bridgehead atoms. The molecule has 0 saturated carbocycles. The van der Waals surface area contributed by atoms with Crippen LogP contribution in [0.15, 0.2) is 6.07 Å². The van der Waals surface area contributed by atoms with Gasteiger partial charge in [-0.05, 0) is 26.3 Å². The van der Waals surface area contributed by atoms with Gasteiger partial charge in [0.05, 0.1) is 0 Å². The van der Waals surface area contributed by atoms with Crippen LogP contribution in [0.1, 0.15) is 32.0 Å². The zero-order chi connectivity index (χ0) is 13.4. The van der Waals surface area contributed by atoms with Gasteiger partial charge in [0.1, 0.15) is 16.8 Å². The average Bonchev–Trinajstić information content (AvgIpc) is 2.62. The normalized spacial score (nSPS) is 27.6. The molecule has 0 spiro atoms. The molecule has 0 amide bonds. The molecule has 0 radical (unpaired) electrons. The van der Waals surface area contributed by atoms with Crippen LogP contribution in [0.25, 0.3) is 0 Å². The Bertz CT molecular complexity index is 465. The van der Waals surface area contributed by atoms with E-state index >= 15 is 0 Å². The van der Waals surface area contributed by atoms with Crippen LogP contribution in [0.3, 0.4) is 0 Å². The van der Waals surface area contributed by atoms with Gasteiger partial charge in [0.15, 0.2) is 0 Å². The molecule has 3 rings (SSSR count). The number of aryl methyl sites for hydroxylation is 1. The second-order valence-corrected chi connectivity index (χ2v) is 5.99. The Morgan fingerprint density at radius 2 is 2.05 bits per heavy atom. The number of fused-ring (bicyclic) bond motifs is 2. The summed E-state index contributed by atoms with van der Waals surface area (Å²) in [6, 6.07) is 3.31. The van der Waals surface area contributed by atoms with Crippen molar-refractivity contribution in [2.75, 3.05) is 25.0 Å². The number of hydrogen-bond donors (Lipinski definition) is 0. The molecule has 104 valence electrons. The lowest BCUT2D eigenvalue weighted by Gasteiger charge is -2.26. The number of hydrogen-bond acceptors (Lipinski definition) is 4. The molecule has 2 unspecified atom stereocenters. The van der Waals surface area contributed by atoms with Gasteiger partial charge in [-0.25, -0.2) is 9.97 Å². The lowest BCUT2D eigenvalue weighted by Crippen LogP contribution is -2.37. The highest BCUT2D eigenvalue weighted by Crippen LogP contribution is 2.30. The van der Waals surface area contributed by atoms with Crippen LogP contribution >= 0.6 is 11.6 Å². The zero-order valence-corrected chi connectivity index (χ0v) is 12.4. The van der Waals surface area contributed by atoms with E-state index in [4.69, 9.17) is 11.6 Å². The highest BCUT2D eigenvalue weighted by atomic mass is 35.5. The monoisotopic (exact) mass is 280 g/mol. The molecule has 1 aromatic rings. The maximum absolute atomic E-state index is 6.11. The van der Waals surface area contributed by atoms with Crippen LogP contribution in [-0.2, 0) is 6.42 Å². The van der Waals surface area contributed by atoms with Crippen molar-refractivity contribution < 1.29 is 0 Å². The summed E-state index contributed by atoms with van der Waals surface area (Å²) in [4.78, 5) is 13.8. The molecule has 4 nitrogen and oxygen atoms in total. The summed E-state index contributed by atoms with van der Waals surface area (Å²) in [5.41, 5.74) is 0. The third kappa shape index (κ3) is 2.56. The third-order valence-corrected chi connectivity index (χ3v) is 4.71. The summed E-state index contributed by atoms with van der Waals surface area (Å²) < 4.78 is 0. The largest absolute Gasteiger partial charge is 0.355 e. The standard InChI is InChI=1S/C14H21ClN4/c1-3-13-16-12(15)8-14(17-13)19-7-6-10-4-5-11(9-19)18(10)2/h8,10-11H,3-7,9H2,1-2H3. The Hall–Kier alpha value is -0.870. The fraction of sp³-hybridized carbons (Fsp3) is 0.714. The first-order valence-electron chi connectivity index (χ1n) is 7.17. The summed E-state index contributed by atoms with van der Waals surface area (Å²) in [6.07, 6.45) is 4.69. The van der Waals surface area contributed by atoms with E-state index in [9.17, 15) is 0 Å². The molecule has 2 saturated heterocycles. The minimum absolute atomic E-state index is 0.560. The van der Waals surface area contributed by atoms with Gasteiger partial charge in [-0.2, -0.15) is 0 Å². The van der Waals surface area contributed by atoms with E-state index in [-0.39, 0.29) is 0 Å². The third-order valence-electron chi connectivity index (χ3n) is 4.52. The topological polar surface area (TPSA) is 32.3 Å². The summed E-state index contributed by atoms with van der Waals surface area (Å²) in [6.45, 7) is 4.19. The first-order chi connectivity index (χ1) is 9.17. The van der Waals surface area contributed by atoms with Gasteiger partial charge >= 0.3 is 0 Å². The van der Waals surface area contributed by atoms with Crippen LogP contribution in [0.2, 0.25) is 5.15 Å². The van der Waals surface area contributed by atoms with E-state index in [1.54, 1.807) is 0 Å². The SMILES string of the molecule is CCc1nc(Cl)cc(N2CCC3CCC(C2)N3C)n1. The predicted octanol–water partition coefficient (Wildman–Crippen LogP) is 2.37. The Morgan fingerprint density at radius 1 is 1.26 bits per heavy atom. The molecule has 2 fully saturated rings. The minimum Gasteiger partial charge on any atom is -0.355 e. The van der Waals surface area contributed by atoms with Crippen molar-refractivity contribution in [1.82, 2.24) is 14.9 Å². The van der Waals surface area contributed by atoms with E-state index in [1.165, 1.54) is 19.3 Å². The molecule has 0 N–H and O–H groups in total. The van der Waals surface area contributed by atoms with E-state index in [1.807, 2.05) is 6.07 Å². The quantitative estimate of drug-likeness (QED) is 0.779. The van der Waals surface area contributed by atoms with Crippen molar-refractivity contribution in [2.24, 2.45) is 0 Å². The summed E-state index contributed by atoms with van der Waals surface area (Å²) in [7, 11) is 2.26. The van der Waals surface area contributed by atoms with E-state index in [0.717, 1.165) is 37.2 Å². The molecule has 2 aliphatic rings. The van der Waals surface area contributed by atoms with Crippen molar-refractivity contribution in [1.29, 1.82) is 0 Å². The van der Waals surface area contributed by atoms with Crippen LogP contribution in [0, 0.1) is 0 Å². The van der Waals surface area contributed by atoms with Crippen molar-refractivity contribution in [3.8, 4) is 0 Å². The Labute approximate surface area is 119 Å². The molecule has 2 atom stereocenters. The van der Waals surface area contributed by atoms with Crippen LogP contribution in [0.4, 0.5) is 5.82 Å². The molecule has 2 aliphatic heterocycles. The Kier molecular flexibility index (Phi) is 3.63. The van der Waals surface area contributed by atoms with Crippen molar-refractivity contribution in [2.45, 2.75) is 44.7 Å². The fourth-order valence-electron chi connectivity index (χ4n) is 3.29. The first kappa shape index (κ1) is 13.1. The summed E-state index contributed by atoms with van der Waals surface area (Å²) in [5, 5.41) is 0.560. The number of nitrogens with zero attached hydrogens (tertiary/aromatic N) is 4. The van der Waals surface area contributed by atoms with Crippen LogP contribution < -0.4 is 4.90 Å². The van der Waals surface area contributed by atoms with Gasteiger partial charge < -0.3 is 4.90 Å². The second-order valence-electron chi connectivity index (χ2n) is 5.60. The Balaban J connectivity index is 1.84. The molecule has 1 aromatic heterocycles. The fourth-order valence-corrected chi connectivity index (χ4v) is 3.48. The smallest absolute Gasteiger partial charge is 0.134 e. The maximum Gasteiger partial charge on any atom is 0.134 e. The minimum atomic E-state index is 0.560. The Morgan fingerprint density at radius 3 is 2.84 bits per heavy atom. The highest BCUT2D eigenvalue weighted by Gasteiger charge is 2.35. The van der Waals surface area contributed by atoms with Crippen molar-refractivity contribution in [3.63, 3.8) is 0 Å². The maximum atomic E-state index is 6.11. The predicted molar refractivity (Wildman–Crippen MR) is 77.8 cm³/mol. The van der Waals surface area contributed by atoms with Gasteiger partial charge in [0.25, 0.3) is 0 Å². The first-order valence-corrected chi connectivity index (χ1v) is 7.55. The van der Waals surface area contributed by atoms with Gasteiger partial charge in [-0.1, -0.05) is 18.5 Å². The molecule has 3 heterocycles.